The number of benzene rings is 1. The van der Waals surface area contributed by atoms with Crippen LogP contribution in [0.4, 0.5) is 0 Å². The fourth-order valence-corrected chi connectivity index (χ4v) is 2.83. The molecule has 4 heteroatoms. The maximum absolute atomic E-state index is 11.2. The molecule has 0 aliphatic carbocycles. The Morgan fingerprint density at radius 2 is 2.28 bits per heavy atom. The van der Waals surface area contributed by atoms with E-state index in [2.05, 4.69) is 11.1 Å². The maximum atomic E-state index is 11.2. The van der Waals surface area contributed by atoms with Crippen LogP contribution < -0.4 is 5.73 Å². The van der Waals surface area contributed by atoms with Crippen molar-refractivity contribution in [2.24, 2.45) is 5.73 Å². The average Bonchev–Trinajstić information content (AvgIpc) is 2.69. The first-order valence-corrected chi connectivity index (χ1v) is 6.12. The standard InChI is InChI=1S/C14H16N2O2/c1-14(8-12(15)17)13-10(6-7-18-14)9-4-2-3-5-11(9)16-13/h2-5,16H,6-8H2,1H3,(H2,15,17). The van der Waals surface area contributed by atoms with Gasteiger partial charge in [0.1, 0.15) is 5.60 Å². The van der Waals surface area contributed by atoms with Crippen molar-refractivity contribution < 1.29 is 9.53 Å². The summed E-state index contributed by atoms with van der Waals surface area (Å²) in [6.45, 7) is 2.55. The van der Waals surface area contributed by atoms with Crippen LogP contribution in [0.2, 0.25) is 0 Å². The summed E-state index contributed by atoms with van der Waals surface area (Å²) in [5.74, 6) is -0.344. The van der Waals surface area contributed by atoms with E-state index in [1.165, 1.54) is 10.9 Å². The number of hydrogen-bond acceptors (Lipinski definition) is 2. The third kappa shape index (κ3) is 1.61. The lowest BCUT2D eigenvalue weighted by Gasteiger charge is -2.33. The van der Waals surface area contributed by atoms with Crippen LogP contribution in [-0.4, -0.2) is 17.5 Å². The number of nitrogens with two attached hydrogens (primary N) is 1. The molecule has 0 spiro atoms. The molecule has 1 amide bonds. The van der Waals surface area contributed by atoms with Crippen molar-refractivity contribution in [3.05, 3.63) is 35.5 Å². The molecule has 3 N–H and O–H groups in total. The number of fused-ring (bicyclic) bond motifs is 3. The Hall–Kier alpha value is -1.81. The van der Waals surface area contributed by atoms with E-state index in [0.29, 0.717) is 6.61 Å². The van der Waals surface area contributed by atoms with Crippen molar-refractivity contribution in [1.29, 1.82) is 0 Å². The lowest BCUT2D eigenvalue weighted by Crippen LogP contribution is -2.36. The molecule has 0 fully saturated rings. The number of para-hydroxylation sites is 1. The van der Waals surface area contributed by atoms with Gasteiger partial charge in [-0.3, -0.25) is 4.79 Å². The molecule has 3 rings (SSSR count). The summed E-state index contributed by atoms with van der Waals surface area (Å²) < 4.78 is 5.80. The Balaban J connectivity index is 2.18. The molecular weight excluding hydrogens is 228 g/mol. The average molecular weight is 244 g/mol. The lowest BCUT2D eigenvalue weighted by molar-refractivity contribution is -0.127. The minimum atomic E-state index is -0.627. The maximum Gasteiger partial charge on any atom is 0.220 e. The van der Waals surface area contributed by atoms with E-state index >= 15 is 0 Å². The van der Waals surface area contributed by atoms with Gasteiger partial charge in [-0.15, -0.1) is 0 Å². The zero-order valence-electron chi connectivity index (χ0n) is 10.3. The number of rotatable bonds is 2. The summed E-state index contributed by atoms with van der Waals surface area (Å²) in [6.07, 6.45) is 1.07. The van der Waals surface area contributed by atoms with Crippen LogP contribution in [0.1, 0.15) is 24.6 Å². The van der Waals surface area contributed by atoms with E-state index in [9.17, 15) is 4.79 Å². The molecule has 18 heavy (non-hydrogen) atoms. The molecule has 1 aromatic heterocycles. The van der Waals surface area contributed by atoms with Crippen LogP contribution >= 0.6 is 0 Å². The molecule has 1 aromatic carbocycles. The van der Waals surface area contributed by atoms with Crippen molar-refractivity contribution in [3.8, 4) is 0 Å². The molecule has 2 aromatic rings. The molecule has 1 aliphatic heterocycles. The third-order valence-electron chi connectivity index (χ3n) is 3.63. The van der Waals surface area contributed by atoms with Crippen molar-refractivity contribution in [1.82, 2.24) is 4.98 Å². The van der Waals surface area contributed by atoms with Gasteiger partial charge >= 0.3 is 0 Å². The molecule has 0 saturated heterocycles. The number of aromatic nitrogens is 1. The second-order valence-corrected chi connectivity index (χ2v) is 5.00. The second kappa shape index (κ2) is 3.85. The lowest BCUT2D eigenvalue weighted by atomic mass is 9.90. The zero-order chi connectivity index (χ0) is 12.8. The number of primary amides is 1. The van der Waals surface area contributed by atoms with Crippen molar-refractivity contribution in [2.45, 2.75) is 25.4 Å². The van der Waals surface area contributed by atoms with Crippen LogP contribution in [0.5, 0.6) is 0 Å². The van der Waals surface area contributed by atoms with E-state index in [0.717, 1.165) is 17.6 Å². The van der Waals surface area contributed by atoms with Gasteiger partial charge in [0.15, 0.2) is 0 Å². The molecule has 4 nitrogen and oxygen atoms in total. The molecule has 0 bridgehead atoms. The predicted octanol–water partition coefficient (Wildman–Crippen LogP) is 1.83. The molecule has 2 heterocycles. The van der Waals surface area contributed by atoms with Crippen LogP contribution in [0.15, 0.2) is 24.3 Å². The number of amides is 1. The first-order valence-electron chi connectivity index (χ1n) is 6.12. The van der Waals surface area contributed by atoms with Crippen molar-refractivity contribution in [2.75, 3.05) is 6.61 Å². The Labute approximate surface area is 105 Å². The van der Waals surface area contributed by atoms with Crippen LogP contribution in [0.3, 0.4) is 0 Å². The zero-order valence-corrected chi connectivity index (χ0v) is 10.3. The fraction of sp³-hybridized carbons (Fsp3) is 0.357. The van der Waals surface area contributed by atoms with E-state index in [4.69, 9.17) is 10.5 Å². The van der Waals surface area contributed by atoms with Gasteiger partial charge in [-0.1, -0.05) is 18.2 Å². The molecule has 94 valence electrons. The number of ether oxygens (including phenoxy) is 1. The molecule has 0 saturated carbocycles. The van der Waals surface area contributed by atoms with Gasteiger partial charge in [0.2, 0.25) is 5.91 Å². The van der Waals surface area contributed by atoms with E-state index in [-0.39, 0.29) is 12.3 Å². The number of aromatic amines is 1. The van der Waals surface area contributed by atoms with Gasteiger partial charge in [0.25, 0.3) is 0 Å². The largest absolute Gasteiger partial charge is 0.370 e. The molecule has 1 unspecified atom stereocenters. The fourth-order valence-electron chi connectivity index (χ4n) is 2.83. The Kier molecular flexibility index (Phi) is 2.41. The molecular formula is C14H16N2O2. The van der Waals surface area contributed by atoms with Crippen LogP contribution in [0.25, 0.3) is 10.9 Å². The number of nitrogens with one attached hydrogen (secondary N) is 1. The van der Waals surface area contributed by atoms with E-state index in [1.54, 1.807) is 0 Å². The summed E-state index contributed by atoms with van der Waals surface area (Å²) in [6, 6.07) is 8.16. The number of H-pyrrole nitrogens is 1. The first kappa shape index (κ1) is 11.3. The van der Waals surface area contributed by atoms with Gasteiger partial charge in [-0.2, -0.15) is 0 Å². The normalized spacial score (nSPS) is 22.9. The summed E-state index contributed by atoms with van der Waals surface area (Å²) in [4.78, 5) is 14.6. The SMILES string of the molecule is CC1(CC(N)=O)OCCc2c1[nH]c1ccccc21. The Morgan fingerprint density at radius 1 is 1.50 bits per heavy atom. The third-order valence-corrected chi connectivity index (χ3v) is 3.63. The highest BCUT2D eigenvalue weighted by Crippen LogP contribution is 2.38. The number of carbonyl (C=O) groups is 1. The van der Waals surface area contributed by atoms with Crippen LogP contribution in [0, 0.1) is 0 Å². The Bertz CT molecular complexity index is 617. The quantitative estimate of drug-likeness (QED) is 0.846. The van der Waals surface area contributed by atoms with Gasteiger partial charge in [0.05, 0.1) is 18.7 Å². The first-order chi connectivity index (χ1) is 8.60. The van der Waals surface area contributed by atoms with Gasteiger partial charge in [-0.05, 0) is 25.0 Å². The summed E-state index contributed by atoms with van der Waals surface area (Å²) in [5, 5.41) is 1.21. The Morgan fingerprint density at radius 3 is 3.06 bits per heavy atom. The number of hydrogen-bond donors (Lipinski definition) is 2. The second-order valence-electron chi connectivity index (χ2n) is 5.00. The van der Waals surface area contributed by atoms with Crippen LogP contribution in [-0.2, 0) is 21.6 Å². The predicted molar refractivity (Wildman–Crippen MR) is 69.1 cm³/mol. The summed E-state index contributed by atoms with van der Waals surface area (Å²) in [5.41, 5.74) is 8.03. The topological polar surface area (TPSA) is 68.1 Å². The highest BCUT2D eigenvalue weighted by molar-refractivity contribution is 5.85. The summed E-state index contributed by atoms with van der Waals surface area (Å²) in [7, 11) is 0. The van der Waals surface area contributed by atoms with Crippen molar-refractivity contribution >= 4 is 16.8 Å². The highest BCUT2D eigenvalue weighted by atomic mass is 16.5. The monoisotopic (exact) mass is 244 g/mol. The minimum Gasteiger partial charge on any atom is -0.370 e. The van der Waals surface area contributed by atoms with E-state index < -0.39 is 5.60 Å². The molecule has 0 radical (unpaired) electrons. The van der Waals surface area contributed by atoms with Crippen molar-refractivity contribution in [3.63, 3.8) is 0 Å². The summed E-state index contributed by atoms with van der Waals surface area (Å²) >= 11 is 0. The molecule has 1 aliphatic rings. The van der Waals surface area contributed by atoms with Gasteiger partial charge in [-0.25, -0.2) is 0 Å². The molecule has 1 atom stereocenters. The van der Waals surface area contributed by atoms with E-state index in [1.807, 2.05) is 25.1 Å². The smallest absolute Gasteiger partial charge is 0.220 e. The number of carbonyl (C=O) groups excluding carboxylic acids is 1. The minimum absolute atomic E-state index is 0.201. The van der Waals surface area contributed by atoms with Gasteiger partial charge < -0.3 is 15.5 Å². The highest BCUT2D eigenvalue weighted by Gasteiger charge is 2.37. The van der Waals surface area contributed by atoms with Gasteiger partial charge in [0, 0.05) is 10.9 Å².